The largest absolute Gasteiger partial charge is 0.370 e. The molecular formula is C10H22N2O. The maximum Gasteiger partial charge on any atom is 0.168 e. The lowest BCUT2D eigenvalue weighted by Gasteiger charge is -2.17. The lowest BCUT2D eigenvalue weighted by atomic mass is 10.0. The molecule has 0 bridgehead atoms. The molecule has 13 heavy (non-hydrogen) atoms. The maximum absolute atomic E-state index is 9.61. The maximum atomic E-state index is 9.61. The van der Waals surface area contributed by atoms with Crippen LogP contribution in [0.4, 0.5) is 0 Å². The zero-order valence-electron chi connectivity index (χ0n) is 9.41. The second-order valence-electron chi connectivity index (χ2n) is 4.38. The van der Waals surface area contributed by atoms with E-state index in [0.717, 1.165) is 12.8 Å². The standard InChI is InChI=1S/C10H22N2O/c1-6-8(7-2)9(13)11-12-10(3,4)5/h8-9,13H,6-7H2,1-5H3. The minimum absolute atomic E-state index is 0.187. The highest BCUT2D eigenvalue weighted by atomic mass is 16.3. The van der Waals surface area contributed by atoms with Gasteiger partial charge in [0.15, 0.2) is 6.23 Å². The lowest BCUT2D eigenvalue weighted by molar-refractivity contribution is 0.101. The third-order valence-electron chi connectivity index (χ3n) is 1.95. The predicted molar refractivity (Wildman–Crippen MR) is 54.7 cm³/mol. The predicted octanol–water partition coefficient (Wildman–Crippen LogP) is 2.99. The fourth-order valence-electron chi connectivity index (χ4n) is 1.04. The van der Waals surface area contributed by atoms with Crippen molar-refractivity contribution in [2.24, 2.45) is 16.1 Å². The van der Waals surface area contributed by atoms with Gasteiger partial charge in [-0.1, -0.05) is 13.8 Å². The monoisotopic (exact) mass is 186 g/mol. The second-order valence-corrected chi connectivity index (χ2v) is 4.38. The molecule has 0 aliphatic heterocycles. The highest BCUT2D eigenvalue weighted by molar-refractivity contribution is 4.69. The van der Waals surface area contributed by atoms with E-state index in [0.29, 0.717) is 0 Å². The highest BCUT2D eigenvalue weighted by Gasteiger charge is 2.15. The molecule has 0 saturated carbocycles. The van der Waals surface area contributed by atoms with Crippen molar-refractivity contribution in [3.8, 4) is 0 Å². The van der Waals surface area contributed by atoms with Crippen LogP contribution in [0.5, 0.6) is 0 Å². The Morgan fingerprint density at radius 1 is 1.15 bits per heavy atom. The van der Waals surface area contributed by atoms with Gasteiger partial charge in [-0.25, -0.2) is 0 Å². The Kier molecular flexibility index (Phi) is 5.14. The molecule has 0 saturated heterocycles. The summed E-state index contributed by atoms with van der Waals surface area (Å²) in [5, 5.41) is 17.6. The first kappa shape index (κ1) is 12.6. The molecule has 0 aromatic rings. The summed E-state index contributed by atoms with van der Waals surface area (Å²) in [4.78, 5) is 0. The molecule has 0 spiro atoms. The van der Waals surface area contributed by atoms with Crippen molar-refractivity contribution in [1.29, 1.82) is 0 Å². The Morgan fingerprint density at radius 3 is 1.92 bits per heavy atom. The molecule has 0 heterocycles. The van der Waals surface area contributed by atoms with Crippen molar-refractivity contribution in [2.75, 3.05) is 0 Å². The molecule has 0 aromatic heterocycles. The Morgan fingerprint density at radius 2 is 1.62 bits per heavy atom. The number of hydrogen-bond acceptors (Lipinski definition) is 3. The number of nitrogens with zero attached hydrogens (tertiary/aromatic N) is 2. The van der Waals surface area contributed by atoms with Crippen molar-refractivity contribution < 1.29 is 5.11 Å². The summed E-state index contributed by atoms with van der Waals surface area (Å²) in [5.74, 6) is 0.242. The normalized spacial score (nSPS) is 15.6. The summed E-state index contributed by atoms with van der Waals surface area (Å²) in [5.41, 5.74) is -0.187. The zero-order valence-corrected chi connectivity index (χ0v) is 9.41. The molecule has 1 N–H and O–H groups in total. The van der Waals surface area contributed by atoms with Crippen LogP contribution in [0.1, 0.15) is 47.5 Å². The van der Waals surface area contributed by atoms with Crippen LogP contribution in [-0.2, 0) is 0 Å². The van der Waals surface area contributed by atoms with Gasteiger partial charge in [0.1, 0.15) is 0 Å². The lowest BCUT2D eigenvalue weighted by Crippen LogP contribution is -2.18. The van der Waals surface area contributed by atoms with Crippen LogP contribution >= 0.6 is 0 Å². The highest BCUT2D eigenvalue weighted by Crippen LogP contribution is 2.16. The van der Waals surface area contributed by atoms with Gasteiger partial charge in [0.25, 0.3) is 0 Å². The minimum atomic E-state index is -0.630. The summed E-state index contributed by atoms with van der Waals surface area (Å²) < 4.78 is 0. The van der Waals surface area contributed by atoms with E-state index in [1.807, 2.05) is 20.8 Å². The van der Waals surface area contributed by atoms with Gasteiger partial charge < -0.3 is 5.11 Å². The van der Waals surface area contributed by atoms with Crippen LogP contribution in [-0.4, -0.2) is 16.9 Å². The van der Waals surface area contributed by atoms with Crippen molar-refractivity contribution in [3.63, 3.8) is 0 Å². The molecule has 0 fully saturated rings. The van der Waals surface area contributed by atoms with Crippen LogP contribution < -0.4 is 0 Å². The average Bonchev–Trinajstić information content (AvgIpc) is 2.02. The van der Waals surface area contributed by atoms with Gasteiger partial charge in [0, 0.05) is 5.92 Å². The third kappa shape index (κ3) is 5.75. The van der Waals surface area contributed by atoms with Crippen LogP contribution in [0.15, 0.2) is 10.2 Å². The molecule has 0 aliphatic rings. The SMILES string of the molecule is CCC(CC)C(O)N=NC(C)(C)C. The van der Waals surface area contributed by atoms with Crippen molar-refractivity contribution >= 4 is 0 Å². The van der Waals surface area contributed by atoms with Crippen LogP contribution in [0.2, 0.25) is 0 Å². The van der Waals surface area contributed by atoms with Crippen molar-refractivity contribution in [2.45, 2.75) is 59.2 Å². The number of aliphatic hydroxyl groups excluding tert-OH is 1. The Balaban J connectivity index is 4.12. The van der Waals surface area contributed by atoms with Gasteiger partial charge in [-0.2, -0.15) is 10.2 Å². The van der Waals surface area contributed by atoms with Gasteiger partial charge in [-0.15, -0.1) is 0 Å². The zero-order chi connectivity index (χ0) is 10.5. The molecule has 0 amide bonds. The van der Waals surface area contributed by atoms with Crippen molar-refractivity contribution in [3.05, 3.63) is 0 Å². The van der Waals surface area contributed by atoms with E-state index in [2.05, 4.69) is 24.1 Å². The molecule has 3 heteroatoms. The fourth-order valence-corrected chi connectivity index (χ4v) is 1.04. The Hall–Kier alpha value is -0.440. The van der Waals surface area contributed by atoms with Crippen LogP contribution in [0, 0.1) is 5.92 Å². The van der Waals surface area contributed by atoms with E-state index in [1.165, 1.54) is 0 Å². The Labute approximate surface area is 81.3 Å². The fraction of sp³-hybridized carbons (Fsp3) is 1.00. The van der Waals surface area contributed by atoms with E-state index in [4.69, 9.17) is 0 Å². The molecule has 78 valence electrons. The van der Waals surface area contributed by atoms with Gasteiger partial charge in [0.2, 0.25) is 0 Å². The molecule has 1 atom stereocenters. The number of azo groups is 1. The second kappa shape index (κ2) is 5.32. The molecule has 0 rings (SSSR count). The van der Waals surface area contributed by atoms with Crippen LogP contribution in [0.3, 0.4) is 0 Å². The molecular weight excluding hydrogens is 164 g/mol. The van der Waals surface area contributed by atoms with E-state index in [-0.39, 0.29) is 11.5 Å². The first-order valence-electron chi connectivity index (χ1n) is 5.00. The van der Waals surface area contributed by atoms with Gasteiger partial charge in [-0.3, -0.25) is 0 Å². The van der Waals surface area contributed by atoms with E-state index >= 15 is 0 Å². The summed E-state index contributed by atoms with van der Waals surface area (Å²) >= 11 is 0. The van der Waals surface area contributed by atoms with E-state index < -0.39 is 6.23 Å². The summed E-state index contributed by atoms with van der Waals surface area (Å²) in [6.07, 6.45) is 1.26. The molecule has 3 nitrogen and oxygen atoms in total. The number of rotatable bonds is 4. The average molecular weight is 186 g/mol. The first-order valence-corrected chi connectivity index (χ1v) is 5.00. The number of aliphatic hydroxyl groups is 1. The topological polar surface area (TPSA) is 45.0 Å². The van der Waals surface area contributed by atoms with Gasteiger partial charge in [0.05, 0.1) is 5.54 Å². The van der Waals surface area contributed by atoms with Crippen LogP contribution in [0.25, 0.3) is 0 Å². The molecule has 0 radical (unpaired) electrons. The Bertz CT molecular complexity index is 157. The first-order chi connectivity index (χ1) is 5.90. The smallest absolute Gasteiger partial charge is 0.168 e. The third-order valence-corrected chi connectivity index (χ3v) is 1.95. The summed E-state index contributed by atoms with van der Waals surface area (Å²) in [6, 6.07) is 0. The molecule has 0 aliphatic carbocycles. The van der Waals surface area contributed by atoms with Crippen molar-refractivity contribution in [1.82, 2.24) is 0 Å². The summed E-state index contributed by atoms with van der Waals surface area (Å²) in [7, 11) is 0. The quantitative estimate of drug-likeness (QED) is 0.674. The molecule has 1 unspecified atom stereocenters. The number of hydrogen-bond donors (Lipinski definition) is 1. The molecule has 0 aromatic carbocycles. The van der Waals surface area contributed by atoms with E-state index in [1.54, 1.807) is 0 Å². The van der Waals surface area contributed by atoms with Gasteiger partial charge in [-0.05, 0) is 33.6 Å². The van der Waals surface area contributed by atoms with Gasteiger partial charge >= 0.3 is 0 Å². The minimum Gasteiger partial charge on any atom is -0.370 e. The van der Waals surface area contributed by atoms with E-state index in [9.17, 15) is 5.11 Å². The summed E-state index contributed by atoms with van der Waals surface area (Å²) in [6.45, 7) is 10.0.